The van der Waals surface area contributed by atoms with Gasteiger partial charge in [-0.25, -0.2) is 0 Å². The molecule has 2 aliphatic carbocycles. The molecule has 2 unspecified atom stereocenters. The number of benzene rings is 2. The van der Waals surface area contributed by atoms with Crippen LogP contribution in [0.1, 0.15) is 19.3 Å². The van der Waals surface area contributed by atoms with E-state index in [9.17, 15) is 0 Å². The molecule has 2 atom stereocenters. The molecule has 2 aromatic rings. The highest BCUT2D eigenvalue weighted by Gasteiger charge is 2.51. The summed E-state index contributed by atoms with van der Waals surface area (Å²) >= 11 is 5.87. The number of fused-ring (bicyclic) bond motifs is 1. The van der Waals surface area contributed by atoms with Gasteiger partial charge in [-0.05, 0) is 79.1 Å². The van der Waals surface area contributed by atoms with Crippen LogP contribution >= 0.6 is 11.6 Å². The Hall–Kier alpha value is -1.67. The number of hydrogen-bond acceptors (Lipinski definition) is 2. The molecule has 0 radical (unpaired) electrons. The molecule has 2 aromatic carbocycles. The first-order valence-corrected chi connectivity index (χ1v) is 8.45. The normalized spacial score (nSPS) is 25.6. The van der Waals surface area contributed by atoms with Crippen LogP contribution in [0.4, 0.5) is 5.69 Å². The van der Waals surface area contributed by atoms with Crippen LogP contribution in [-0.4, -0.2) is 6.54 Å². The fourth-order valence-corrected chi connectivity index (χ4v) is 3.91. The summed E-state index contributed by atoms with van der Waals surface area (Å²) < 4.78 is 5.80. The molecule has 1 N–H and O–H groups in total. The Morgan fingerprint density at radius 2 is 1.50 bits per heavy atom. The molecule has 2 saturated carbocycles. The Balaban J connectivity index is 1.31. The van der Waals surface area contributed by atoms with Crippen LogP contribution in [0.3, 0.4) is 0 Å². The van der Waals surface area contributed by atoms with Gasteiger partial charge in [0.05, 0.1) is 0 Å². The number of anilines is 1. The van der Waals surface area contributed by atoms with Crippen molar-refractivity contribution in [2.24, 2.45) is 17.8 Å². The van der Waals surface area contributed by atoms with Gasteiger partial charge in [-0.3, -0.25) is 0 Å². The van der Waals surface area contributed by atoms with E-state index in [4.69, 9.17) is 16.3 Å². The lowest BCUT2D eigenvalue weighted by atomic mass is 10.1. The lowest BCUT2D eigenvalue weighted by Crippen LogP contribution is -2.06. The van der Waals surface area contributed by atoms with E-state index in [0.29, 0.717) is 0 Å². The summed E-state index contributed by atoms with van der Waals surface area (Å²) in [5, 5.41) is 4.28. The molecule has 0 aliphatic heterocycles. The Morgan fingerprint density at radius 3 is 2.14 bits per heavy atom. The van der Waals surface area contributed by atoms with Gasteiger partial charge >= 0.3 is 0 Å². The lowest BCUT2D eigenvalue weighted by molar-refractivity contribution is 0.483. The van der Waals surface area contributed by atoms with Crippen molar-refractivity contribution in [3.63, 3.8) is 0 Å². The largest absolute Gasteiger partial charge is 0.457 e. The zero-order valence-electron chi connectivity index (χ0n) is 12.5. The molecular weight excluding hydrogens is 294 g/mol. The Bertz CT molecular complexity index is 627. The van der Waals surface area contributed by atoms with Crippen molar-refractivity contribution >= 4 is 17.3 Å². The van der Waals surface area contributed by atoms with Gasteiger partial charge in [0.15, 0.2) is 0 Å². The average Bonchev–Trinajstić information content (AvgIpc) is 2.97. The minimum absolute atomic E-state index is 0.719. The van der Waals surface area contributed by atoms with Crippen LogP contribution in [-0.2, 0) is 0 Å². The second-order valence-electron chi connectivity index (χ2n) is 6.38. The molecule has 3 heteroatoms. The molecule has 2 aliphatic rings. The SMILES string of the molecule is Clc1ccc(Oc2ccc(NCC3C4CCCC43)cc2)cc1. The van der Waals surface area contributed by atoms with Gasteiger partial charge in [0.1, 0.15) is 11.5 Å². The number of hydrogen-bond donors (Lipinski definition) is 1. The summed E-state index contributed by atoms with van der Waals surface area (Å²) in [4.78, 5) is 0. The van der Waals surface area contributed by atoms with Crippen LogP contribution in [0.15, 0.2) is 48.5 Å². The molecule has 0 aromatic heterocycles. The fourth-order valence-electron chi connectivity index (χ4n) is 3.79. The van der Waals surface area contributed by atoms with E-state index >= 15 is 0 Å². The van der Waals surface area contributed by atoms with Gasteiger partial charge in [0.25, 0.3) is 0 Å². The van der Waals surface area contributed by atoms with E-state index in [-0.39, 0.29) is 0 Å². The lowest BCUT2D eigenvalue weighted by Gasteiger charge is -2.09. The number of ether oxygens (including phenoxy) is 1. The van der Waals surface area contributed by atoms with Crippen LogP contribution in [0.2, 0.25) is 5.02 Å². The predicted octanol–water partition coefficient (Wildman–Crippen LogP) is 5.59. The van der Waals surface area contributed by atoms with Crippen LogP contribution in [0, 0.1) is 17.8 Å². The highest BCUT2D eigenvalue weighted by atomic mass is 35.5. The summed E-state index contributed by atoms with van der Waals surface area (Å²) in [5.74, 6) is 4.59. The van der Waals surface area contributed by atoms with Gasteiger partial charge in [-0.1, -0.05) is 18.0 Å². The van der Waals surface area contributed by atoms with Crippen molar-refractivity contribution in [3.8, 4) is 11.5 Å². The van der Waals surface area contributed by atoms with Gasteiger partial charge in [-0.2, -0.15) is 0 Å². The summed E-state index contributed by atoms with van der Waals surface area (Å²) in [7, 11) is 0. The monoisotopic (exact) mass is 313 g/mol. The van der Waals surface area contributed by atoms with E-state index in [0.717, 1.165) is 40.8 Å². The predicted molar refractivity (Wildman–Crippen MR) is 90.8 cm³/mol. The van der Waals surface area contributed by atoms with E-state index in [1.54, 1.807) is 0 Å². The molecular formula is C19H20ClNO. The Kier molecular flexibility index (Phi) is 3.71. The van der Waals surface area contributed by atoms with E-state index < -0.39 is 0 Å². The third-order valence-electron chi connectivity index (χ3n) is 5.03. The summed E-state index contributed by atoms with van der Waals surface area (Å²) in [6.07, 6.45) is 4.35. The maximum absolute atomic E-state index is 5.87. The first-order chi connectivity index (χ1) is 10.8. The molecule has 0 heterocycles. The van der Waals surface area contributed by atoms with Crippen LogP contribution < -0.4 is 10.1 Å². The fraction of sp³-hybridized carbons (Fsp3) is 0.368. The molecule has 0 saturated heterocycles. The Morgan fingerprint density at radius 1 is 0.909 bits per heavy atom. The van der Waals surface area contributed by atoms with E-state index in [1.165, 1.54) is 24.9 Å². The third-order valence-corrected chi connectivity index (χ3v) is 5.28. The molecule has 2 fully saturated rings. The van der Waals surface area contributed by atoms with Gasteiger partial charge in [-0.15, -0.1) is 0 Å². The summed E-state index contributed by atoms with van der Waals surface area (Å²) in [6, 6.07) is 15.6. The van der Waals surface area contributed by atoms with Gasteiger partial charge < -0.3 is 10.1 Å². The van der Waals surface area contributed by atoms with Crippen molar-refractivity contribution in [2.75, 3.05) is 11.9 Å². The topological polar surface area (TPSA) is 21.3 Å². The van der Waals surface area contributed by atoms with E-state index in [1.807, 2.05) is 36.4 Å². The highest BCUT2D eigenvalue weighted by molar-refractivity contribution is 6.30. The van der Waals surface area contributed by atoms with Crippen LogP contribution in [0.25, 0.3) is 0 Å². The third kappa shape index (κ3) is 2.93. The van der Waals surface area contributed by atoms with Crippen molar-refractivity contribution in [2.45, 2.75) is 19.3 Å². The zero-order chi connectivity index (χ0) is 14.9. The summed E-state index contributed by atoms with van der Waals surface area (Å²) in [6.45, 7) is 1.12. The van der Waals surface area contributed by atoms with Crippen molar-refractivity contribution < 1.29 is 4.74 Å². The number of rotatable bonds is 5. The van der Waals surface area contributed by atoms with Gasteiger partial charge in [0, 0.05) is 17.3 Å². The molecule has 0 spiro atoms. The molecule has 0 bridgehead atoms. The molecule has 0 amide bonds. The second-order valence-corrected chi connectivity index (χ2v) is 6.82. The second kappa shape index (κ2) is 5.85. The zero-order valence-corrected chi connectivity index (χ0v) is 13.2. The standard InChI is InChI=1S/C19H20ClNO/c20-13-4-8-15(9-5-13)22-16-10-6-14(7-11-16)21-12-19-17-2-1-3-18(17)19/h4-11,17-19,21H,1-3,12H2. The Labute approximate surface area is 136 Å². The molecule has 4 rings (SSSR count). The van der Waals surface area contributed by atoms with Crippen molar-refractivity contribution in [1.82, 2.24) is 0 Å². The minimum atomic E-state index is 0.719. The van der Waals surface area contributed by atoms with Crippen LogP contribution in [0.5, 0.6) is 11.5 Å². The first-order valence-electron chi connectivity index (χ1n) is 8.07. The smallest absolute Gasteiger partial charge is 0.127 e. The number of nitrogens with one attached hydrogen (secondary N) is 1. The molecule has 22 heavy (non-hydrogen) atoms. The quantitative estimate of drug-likeness (QED) is 0.776. The summed E-state index contributed by atoms with van der Waals surface area (Å²) in [5.41, 5.74) is 1.17. The maximum Gasteiger partial charge on any atom is 0.127 e. The maximum atomic E-state index is 5.87. The first kappa shape index (κ1) is 14.0. The van der Waals surface area contributed by atoms with Crippen molar-refractivity contribution in [1.29, 1.82) is 0 Å². The van der Waals surface area contributed by atoms with Crippen molar-refractivity contribution in [3.05, 3.63) is 53.6 Å². The van der Waals surface area contributed by atoms with Gasteiger partial charge in [0.2, 0.25) is 0 Å². The highest BCUT2D eigenvalue weighted by Crippen LogP contribution is 2.57. The minimum Gasteiger partial charge on any atom is -0.457 e. The van der Waals surface area contributed by atoms with E-state index in [2.05, 4.69) is 17.4 Å². The number of halogens is 1. The molecule has 114 valence electrons. The molecule has 2 nitrogen and oxygen atoms in total. The average molecular weight is 314 g/mol.